The molecule has 0 aliphatic carbocycles. The lowest BCUT2D eigenvalue weighted by Crippen LogP contribution is -2.48. The lowest BCUT2D eigenvalue weighted by molar-refractivity contribution is -0.137. The average molecular weight is 228 g/mol. The van der Waals surface area contributed by atoms with Gasteiger partial charge in [-0.1, -0.05) is 0 Å². The van der Waals surface area contributed by atoms with Crippen LogP contribution in [0.15, 0.2) is 0 Å². The molecule has 0 aromatic carbocycles. The third kappa shape index (κ3) is 3.17. The molecule has 2 saturated heterocycles. The Hall–Kier alpha value is -0.650. The minimum absolute atomic E-state index is 0.0128. The molecule has 3 N–H and O–H groups in total. The van der Waals surface area contributed by atoms with Gasteiger partial charge in [-0.05, 0) is 25.7 Å². The van der Waals surface area contributed by atoms with Crippen molar-refractivity contribution >= 4 is 5.91 Å². The molecular formula is C11H20N2O3. The maximum Gasteiger partial charge on any atom is 0.249 e. The minimum Gasteiger partial charge on any atom is -0.381 e. The number of nitrogens with two attached hydrogens (primary N) is 1. The first kappa shape index (κ1) is 11.8. The first-order chi connectivity index (χ1) is 7.75. The van der Waals surface area contributed by atoms with E-state index in [0.29, 0.717) is 6.61 Å². The highest BCUT2D eigenvalue weighted by Gasteiger charge is 2.27. The van der Waals surface area contributed by atoms with Crippen LogP contribution in [0, 0.1) is 0 Å². The molecule has 2 fully saturated rings. The standard InChI is InChI=1S/C11H20N2O3/c12-8-1-2-10(16-7-8)11(14)13-9-3-5-15-6-4-9/h8-10H,1-7,12H2,(H,13,14). The number of hydrogen-bond donors (Lipinski definition) is 2. The van der Waals surface area contributed by atoms with Crippen LogP contribution in [0.4, 0.5) is 0 Å². The van der Waals surface area contributed by atoms with Gasteiger partial charge in [-0.2, -0.15) is 0 Å². The van der Waals surface area contributed by atoms with Crippen LogP contribution in [-0.4, -0.2) is 43.9 Å². The van der Waals surface area contributed by atoms with Crippen LogP contribution in [0.5, 0.6) is 0 Å². The average Bonchev–Trinajstić information content (AvgIpc) is 2.31. The predicted octanol–water partition coefficient (Wildman–Crippen LogP) is -0.212. The number of carbonyl (C=O) groups is 1. The van der Waals surface area contributed by atoms with Gasteiger partial charge in [0.15, 0.2) is 0 Å². The fraction of sp³-hybridized carbons (Fsp3) is 0.909. The maximum absolute atomic E-state index is 11.9. The van der Waals surface area contributed by atoms with Crippen LogP contribution in [-0.2, 0) is 14.3 Å². The number of ether oxygens (including phenoxy) is 2. The zero-order valence-electron chi connectivity index (χ0n) is 9.48. The van der Waals surface area contributed by atoms with Crippen molar-refractivity contribution in [1.82, 2.24) is 5.32 Å². The van der Waals surface area contributed by atoms with Crippen molar-refractivity contribution in [3.05, 3.63) is 0 Å². The molecule has 0 bridgehead atoms. The van der Waals surface area contributed by atoms with Gasteiger partial charge in [0.25, 0.3) is 0 Å². The van der Waals surface area contributed by atoms with E-state index < -0.39 is 0 Å². The Morgan fingerprint density at radius 3 is 2.56 bits per heavy atom. The smallest absolute Gasteiger partial charge is 0.249 e. The lowest BCUT2D eigenvalue weighted by atomic mass is 10.0. The second kappa shape index (κ2) is 5.61. The molecule has 16 heavy (non-hydrogen) atoms. The number of rotatable bonds is 2. The molecule has 5 nitrogen and oxygen atoms in total. The third-order valence-electron chi connectivity index (χ3n) is 3.17. The summed E-state index contributed by atoms with van der Waals surface area (Å²) < 4.78 is 10.7. The monoisotopic (exact) mass is 228 g/mol. The van der Waals surface area contributed by atoms with Crippen LogP contribution in [0.3, 0.4) is 0 Å². The summed E-state index contributed by atoms with van der Waals surface area (Å²) in [5.74, 6) is 0.0128. The summed E-state index contributed by atoms with van der Waals surface area (Å²) in [6.07, 6.45) is 3.10. The first-order valence-corrected chi connectivity index (χ1v) is 6.01. The van der Waals surface area contributed by atoms with Gasteiger partial charge in [0.05, 0.1) is 6.61 Å². The Bertz CT molecular complexity index is 233. The van der Waals surface area contributed by atoms with Crippen LogP contribution < -0.4 is 11.1 Å². The van der Waals surface area contributed by atoms with Gasteiger partial charge in [0, 0.05) is 25.3 Å². The van der Waals surface area contributed by atoms with Crippen molar-refractivity contribution in [2.45, 2.75) is 43.9 Å². The summed E-state index contributed by atoms with van der Waals surface area (Å²) in [4.78, 5) is 11.9. The van der Waals surface area contributed by atoms with Gasteiger partial charge >= 0.3 is 0 Å². The van der Waals surface area contributed by atoms with Crippen molar-refractivity contribution in [2.75, 3.05) is 19.8 Å². The molecule has 0 aromatic rings. The molecule has 2 aliphatic heterocycles. The van der Waals surface area contributed by atoms with E-state index >= 15 is 0 Å². The van der Waals surface area contributed by atoms with E-state index in [9.17, 15) is 4.79 Å². The van der Waals surface area contributed by atoms with Gasteiger partial charge in [-0.15, -0.1) is 0 Å². The van der Waals surface area contributed by atoms with E-state index in [2.05, 4.69) is 5.32 Å². The fourth-order valence-electron chi connectivity index (χ4n) is 2.11. The fourth-order valence-corrected chi connectivity index (χ4v) is 2.11. The third-order valence-corrected chi connectivity index (χ3v) is 3.17. The molecule has 0 saturated carbocycles. The van der Waals surface area contributed by atoms with Gasteiger partial charge in [-0.25, -0.2) is 0 Å². The molecule has 5 heteroatoms. The number of hydrogen-bond acceptors (Lipinski definition) is 4. The van der Waals surface area contributed by atoms with Gasteiger partial charge in [0.2, 0.25) is 5.91 Å². The zero-order valence-corrected chi connectivity index (χ0v) is 9.48. The molecule has 2 rings (SSSR count). The Morgan fingerprint density at radius 1 is 1.19 bits per heavy atom. The highest BCUT2D eigenvalue weighted by molar-refractivity contribution is 5.81. The van der Waals surface area contributed by atoms with Gasteiger partial charge in [0.1, 0.15) is 6.10 Å². The Kier molecular flexibility index (Phi) is 4.15. The summed E-state index contributed by atoms with van der Waals surface area (Å²) in [7, 11) is 0. The topological polar surface area (TPSA) is 73.6 Å². The van der Waals surface area contributed by atoms with E-state index in [4.69, 9.17) is 15.2 Å². The molecule has 92 valence electrons. The quantitative estimate of drug-likeness (QED) is 0.686. The summed E-state index contributed by atoms with van der Waals surface area (Å²) >= 11 is 0. The molecule has 2 aliphatic rings. The summed E-state index contributed by atoms with van der Waals surface area (Å²) in [6, 6.07) is 0.340. The van der Waals surface area contributed by atoms with Crippen LogP contribution in [0.2, 0.25) is 0 Å². The Labute approximate surface area is 95.7 Å². The van der Waals surface area contributed by atoms with Crippen LogP contribution >= 0.6 is 0 Å². The normalized spacial score (nSPS) is 32.3. The predicted molar refractivity (Wildman–Crippen MR) is 58.9 cm³/mol. The Balaban J connectivity index is 1.74. The maximum atomic E-state index is 11.9. The molecule has 0 aromatic heterocycles. The molecule has 1 amide bonds. The van der Waals surface area contributed by atoms with E-state index in [1.165, 1.54) is 0 Å². The number of carbonyl (C=O) groups excluding carboxylic acids is 1. The van der Waals surface area contributed by atoms with Gasteiger partial charge < -0.3 is 20.5 Å². The van der Waals surface area contributed by atoms with E-state index in [-0.39, 0.29) is 24.1 Å². The molecule has 2 atom stereocenters. The largest absolute Gasteiger partial charge is 0.381 e. The lowest BCUT2D eigenvalue weighted by Gasteiger charge is -2.29. The second-order valence-corrected chi connectivity index (χ2v) is 4.55. The molecule has 0 spiro atoms. The van der Waals surface area contributed by atoms with Crippen LogP contribution in [0.1, 0.15) is 25.7 Å². The van der Waals surface area contributed by atoms with Crippen molar-refractivity contribution < 1.29 is 14.3 Å². The summed E-state index contributed by atoms with van der Waals surface area (Å²) in [6.45, 7) is 1.97. The second-order valence-electron chi connectivity index (χ2n) is 4.55. The van der Waals surface area contributed by atoms with E-state index in [0.717, 1.165) is 38.9 Å². The Morgan fingerprint density at radius 2 is 1.94 bits per heavy atom. The molecular weight excluding hydrogens is 208 g/mol. The van der Waals surface area contributed by atoms with Crippen LogP contribution in [0.25, 0.3) is 0 Å². The zero-order chi connectivity index (χ0) is 11.4. The number of nitrogens with one attached hydrogen (secondary N) is 1. The van der Waals surface area contributed by atoms with Crippen molar-refractivity contribution in [3.63, 3.8) is 0 Å². The minimum atomic E-state index is -0.303. The highest BCUT2D eigenvalue weighted by Crippen LogP contribution is 2.13. The van der Waals surface area contributed by atoms with E-state index in [1.54, 1.807) is 0 Å². The van der Waals surface area contributed by atoms with Crippen molar-refractivity contribution in [2.24, 2.45) is 5.73 Å². The van der Waals surface area contributed by atoms with E-state index in [1.807, 2.05) is 0 Å². The van der Waals surface area contributed by atoms with Crippen molar-refractivity contribution in [3.8, 4) is 0 Å². The molecule has 2 heterocycles. The highest BCUT2D eigenvalue weighted by atomic mass is 16.5. The van der Waals surface area contributed by atoms with Gasteiger partial charge in [-0.3, -0.25) is 4.79 Å². The number of amides is 1. The SMILES string of the molecule is NC1CCC(C(=O)NC2CCOCC2)OC1. The van der Waals surface area contributed by atoms with Crippen molar-refractivity contribution in [1.29, 1.82) is 0 Å². The molecule has 0 radical (unpaired) electrons. The first-order valence-electron chi connectivity index (χ1n) is 6.01. The summed E-state index contributed by atoms with van der Waals surface area (Å²) in [5.41, 5.74) is 5.71. The summed E-state index contributed by atoms with van der Waals surface area (Å²) in [5, 5.41) is 3.02. The molecule has 2 unspecified atom stereocenters.